The molecule has 0 heterocycles. The Morgan fingerprint density at radius 2 is 2.00 bits per heavy atom. The highest BCUT2D eigenvalue weighted by atomic mass is 35.5. The highest BCUT2D eigenvalue weighted by molar-refractivity contribution is 6.33. The van der Waals surface area contributed by atoms with Crippen molar-refractivity contribution in [1.82, 2.24) is 0 Å². The summed E-state index contributed by atoms with van der Waals surface area (Å²) in [6, 6.07) is 8.22. The molecule has 0 saturated heterocycles. The van der Waals surface area contributed by atoms with Crippen LogP contribution < -0.4 is 14.8 Å². The number of nitrogens with one attached hydrogen (secondary N) is 1. The summed E-state index contributed by atoms with van der Waals surface area (Å²) >= 11 is 12.0. The molecule has 0 atom stereocenters. The lowest BCUT2D eigenvalue weighted by Crippen LogP contribution is -2.07. The Labute approximate surface area is 156 Å². The summed E-state index contributed by atoms with van der Waals surface area (Å²) in [6.07, 6.45) is 0.859. The topological polar surface area (TPSA) is 67.8 Å². The van der Waals surface area contributed by atoms with Crippen LogP contribution in [0.15, 0.2) is 30.3 Å². The van der Waals surface area contributed by atoms with Gasteiger partial charge in [-0.1, -0.05) is 30.1 Å². The van der Waals surface area contributed by atoms with Gasteiger partial charge in [-0.25, -0.2) is 4.79 Å². The molecular weight excluding hydrogens is 365 g/mol. The van der Waals surface area contributed by atoms with Crippen LogP contribution >= 0.6 is 23.2 Å². The molecule has 0 aliphatic rings. The molecule has 0 saturated carbocycles. The predicted molar refractivity (Wildman–Crippen MR) is 99.5 cm³/mol. The van der Waals surface area contributed by atoms with Crippen molar-refractivity contribution in [3.05, 3.63) is 51.5 Å². The van der Waals surface area contributed by atoms with Gasteiger partial charge in [0.1, 0.15) is 0 Å². The van der Waals surface area contributed by atoms with E-state index in [9.17, 15) is 4.79 Å². The lowest BCUT2D eigenvalue weighted by molar-refractivity contribution is 0.0697. The van der Waals surface area contributed by atoms with Gasteiger partial charge in [-0.3, -0.25) is 0 Å². The van der Waals surface area contributed by atoms with Gasteiger partial charge in [-0.05, 0) is 30.7 Å². The fraction of sp³-hybridized carbons (Fsp3) is 0.278. The molecule has 0 aliphatic heterocycles. The fourth-order valence-corrected chi connectivity index (χ4v) is 2.70. The van der Waals surface area contributed by atoms with E-state index in [0.717, 1.165) is 12.0 Å². The van der Waals surface area contributed by atoms with Crippen molar-refractivity contribution in [1.29, 1.82) is 0 Å². The number of aromatic carboxylic acids is 1. The van der Waals surface area contributed by atoms with Gasteiger partial charge in [0.15, 0.2) is 11.5 Å². The summed E-state index contributed by atoms with van der Waals surface area (Å²) in [4.78, 5) is 11.2. The molecule has 134 valence electrons. The largest absolute Gasteiger partial charge is 0.493 e. The van der Waals surface area contributed by atoms with Crippen LogP contribution in [0.3, 0.4) is 0 Å². The Morgan fingerprint density at radius 1 is 1.24 bits per heavy atom. The molecule has 0 spiro atoms. The van der Waals surface area contributed by atoms with E-state index < -0.39 is 5.97 Å². The summed E-state index contributed by atoms with van der Waals surface area (Å²) in [5.41, 5.74) is 1.48. The number of rotatable bonds is 8. The molecule has 0 aromatic heterocycles. The van der Waals surface area contributed by atoms with Crippen molar-refractivity contribution in [3.8, 4) is 11.5 Å². The highest BCUT2D eigenvalue weighted by Gasteiger charge is 2.14. The number of ether oxygens (including phenoxy) is 2. The van der Waals surface area contributed by atoms with Crippen molar-refractivity contribution < 1.29 is 19.4 Å². The summed E-state index contributed by atoms with van der Waals surface area (Å²) < 4.78 is 11.1. The smallest absolute Gasteiger partial charge is 0.337 e. The second-order valence-corrected chi connectivity index (χ2v) is 6.14. The Hall–Kier alpha value is -2.11. The Morgan fingerprint density at radius 3 is 2.64 bits per heavy atom. The fourth-order valence-electron chi connectivity index (χ4n) is 2.27. The van der Waals surface area contributed by atoms with Crippen LogP contribution in [0.25, 0.3) is 0 Å². The second-order valence-electron chi connectivity index (χ2n) is 5.30. The molecule has 0 fully saturated rings. The lowest BCUT2D eigenvalue weighted by atomic mass is 10.1. The number of hydrogen-bond acceptors (Lipinski definition) is 4. The highest BCUT2D eigenvalue weighted by Crippen LogP contribution is 2.35. The normalized spacial score (nSPS) is 10.4. The number of methoxy groups -OCH3 is 1. The summed E-state index contributed by atoms with van der Waals surface area (Å²) in [6.45, 7) is 2.95. The predicted octanol–water partition coefficient (Wildman–Crippen LogP) is 5.10. The maximum atomic E-state index is 11.2. The molecular formula is C18H19Cl2NO4. The molecule has 7 heteroatoms. The van der Waals surface area contributed by atoms with Crippen LogP contribution in [0, 0.1) is 0 Å². The Kier molecular flexibility index (Phi) is 6.79. The summed E-state index contributed by atoms with van der Waals surface area (Å²) in [7, 11) is 1.56. The van der Waals surface area contributed by atoms with Crippen molar-refractivity contribution in [2.75, 3.05) is 19.0 Å². The van der Waals surface area contributed by atoms with Crippen LogP contribution in [0.1, 0.15) is 29.3 Å². The number of halogens is 2. The first kappa shape index (κ1) is 19.2. The van der Waals surface area contributed by atoms with E-state index in [1.54, 1.807) is 31.4 Å². The third-order valence-corrected chi connectivity index (χ3v) is 3.99. The van der Waals surface area contributed by atoms with E-state index in [-0.39, 0.29) is 10.6 Å². The lowest BCUT2D eigenvalue weighted by Gasteiger charge is -2.16. The van der Waals surface area contributed by atoms with E-state index in [1.807, 2.05) is 6.92 Å². The first-order valence-corrected chi connectivity index (χ1v) is 8.47. The minimum atomic E-state index is -1.08. The monoisotopic (exact) mass is 383 g/mol. The zero-order valence-electron chi connectivity index (χ0n) is 13.9. The third kappa shape index (κ3) is 4.94. The molecule has 0 unspecified atom stereocenters. The Balaban J connectivity index is 2.26. The van der Waals surface area contributed by atoms with E-state index in [0.29, 0.717) is 35.4 Å². The van der Waals surface area contributed by atoms with Gasteiger partial charge in [0.25, 0.3) is 0 Å². The van der Waals surface area contributed by atoms with Crippen LogP contribution in [-0.2, 0) is 6.54 Å². The molecule has 2 N–H and O–H groups in total. The molecule has 5 nitrogen and oxygen atoms in total. The summed E-state index contributed by atoms with van der Waals surface area (Å²) in [5.74, 6) is 0.0961. The zero-order valence-corrected chi connectivity index (χ0v) is 15.4. The van der Waals surface area contributed by atoms with E-state index in [4.69, 9.17) is 37.8 Å². The average Bonchev–Trinajstić information content (AvgIpc) is 2.59. The quantitative estimate of drug-likeness (QED) is 0.663. The van der Waals surface area contributed by atoms with Crippen LogP contribution in [0.4, 0.5) is 5.69 Å². The number of benzene rings is 2. The number of hydrogen-bond donors (Lipinski definition) is 2. The molecule has 2 aromatic rings. The van der Waals surface area contributed by atoms with E-state index >= 15 is 0 Å². The zero-order chi connectivity index (χ0) is 18.4. The molecule has 0 radical (unpaired) electrons. The SMILES string of the molecule is CCCOc1c(CNc2ccc(Cl)c(C(=O)O)c2)cc(Cl)cc1OC. The van der Waals surface area contributed by atoms with Crippen molar-refractivity contribution in [2.24, 2.45) is 0 Å². The molecule has 0 bridgehead atoms. The van der Waals surface area contributed by atoms with E-state index in [1.165, 1.54) is 6.07 Å². The first-order chi connectivity index (χ1) is 12.0. The number of carbonyl (C=O) groups is 1. The Bertz CT molecular complexity index is 765. The van der Waals surface area contributed by atoms with Gasteiger partial charge in [-0.2, -0.15) is 0 Å². The standard InChI is InChI=1S/C18H19Cl2NO4/c1-3-6-25-17-11(7-12(19)8-16(17)24-2)10-21-13-4-5-15(20)14(9-13)18(22)23/h4-5,7-9,21H,3,6,10H2,1-2H3,(H,22,23). The summed E-state index contributed by atoms with van der Waals surface area (Å²) in [5, 5.41) is 13.0. The minimum absolute atomic E-state index is 0.0396. The van der Waals surface area contributed by atoms with Crippen molar-refractivity contribution in [3.63, 3.8) is 0 Å². The van der Waals surface area contributed by atoms with Gasteiger partial charge < -0.3 is 19.9 Å². The van der Waals surface area contributed by atoms with Crippen LogP contribution in [0.2, 0.25) is 10.0 Å². The average molecular weight is 384 g/mol. The van der Waals surface area contributed by atoms with Gasteiger partial charge >= 0.3 is 5.97 Å². The van der Waals surface area contributed by atoms with Gasteiger partial charge in [0.2, 0.25) is 0 Å². The van der Waals surface area contributed by atoms with Gasteiger partial charge in [-0.15, -0.1) is 0 Å². The molecule has 2 aromatic carbocycles. The van der Waals surface area contributed by atoms with Gasteiger partial charge in [0.05, 0.1) is 24.3 Å². The number of carboxylic acids is 1. The van der Waals surface area contributed by atoms with Gasteiger partial charge in [0, 0.05) is 28.9 Å². The second kappa shape index (κ2) is 8.83. The van der Waals surface area contributed by atoms with Crippen LogP contribution in [-0.4, -0.2) is 24.8 Å². The van der Waals surface area contributed by atoms with Crippen molar-refractivity contribution >= 4 is 34.9 Å². The van der Waals surface area contributed by atoms with Crippen molar-refractivity contribution in [2.45, 2.75) is 19.9 Å². The molecule has 2 rings (SSSR count). The maximum absolute atomic E-state index is 11.2. The number of carboxylic acid groups (broad SMARTS) is 1. The molecule has 0 aliphatic carbocycles. The molecule has 0 amide bonds. The number of anilines is 1. The van der Waals surface area contributed by atoms with E-state index in [2.05, 4.69) is 5.32 Å². The maximum Gasteiger partial charge on any atom is 0.337 e. The van der Waals surface area contributed by atoms with Crippen LogP contribution in [0.5, 0.6) is 11.5 Å². The third-order valence-electron chi connectivity index (χ3n) is 3.45. The first-order valence-electron chi connectivity index (χ1n) is 7.72. The molecule has 25 heavy (non-hydrogen) atoms. The minimum Gasteiger partial charge on any atom is -0.493 e.